The van der Waals surface area contributed by atoms with Crippen molar-refractivity contribution in [1.29, 1.82) is 0 Å². The second-order valence-electron chi connectivity index (χ2n) is 8.10. The van der Waals surface area contributed by atoms with Crippen molar-refractivity contribution in [3.8, 4) is 0 Å². The predicted octanol–water partition coefficient (Wildman–Crippen LogP) is 5.24. The molecule has 28 heavy (non-hydrogen) atoms. The topological polar surface area (TPSA) is 92.5 Å². The molecule has 1 aliphatic heterocycles. The van der Waals surface area contributed by atoms with Gasteiger partial charge in [0.2, 0.25) is 0 Å². The molecule has 2 bridgehead atoms. The Balaban J connectivity index is 1.65. The van der Waals surface area contributed by atoms with Crippen LogP contribution in [0.2, 0.25) is 5.02 Å². The zero-order valence-electron chi connectivity index (χ0n) is 15.0. The SMILES string of the molecule is O=C(O)c1ccc([C@@H]2Nc3c(Cl)ccc([N+](=O)[O-])c3[C@H]3[C@H]4CC[C@@H](C4)[C@@H]32)cc1. The second kappa shape index (κ2) is 6.21. The molecular weight excluding hydrogens is 380 g/mol. The minimum absolute atomic E-state index is 0.0323. The van der Waals surface area contributed by atoms with Gasteiger partial charge in [0.1, 0.15) is 0 Å². The van der Waals surface area contributed by atoms with E-state index >= 15 is 0 Å². The number of carboxylic acid groups (broad SMARTS) is 1. The van der Waals surface area contributed by atoms with Gasteiger partial charge in [0, 0.05) is 12.0 Å². The Hall–Kier alpha value is -2.60. The molecule has 0 aromatic heterocycles. The van der Waals surface area contributed by atoms with Crippen LogP contribution < -0.4 is 5.32 Å². The van der Waals surface area contributed by atoms with Crippen LogP contribution in [0.4, 0.5) is 11.4 Å². The van der Waals surface area contributed by atoms with Crippen LogP contribution in [-0.2, 0) is 0 Å². The van der Waals surface area contributed by atoms with Gasteiger partial charge in [-0.2, -0.15) is 0 Å². The molecule has 2 fully saturated rings. The molecule has 2 aromatic rings. The van der Waals surface area contributed by atoms with E-state index in [2.05, 4.69) is 5.32 Å². The number of carboxylic acids is 1. The van der Waals surface area contributed by atoms with Crippen molar-refractivity contribution in [2.75, 3.05) is 5.32 Å². The molecule has 3 aliphatic rings. The number of rotatable bonds is 3. The molecule has 5 rings (SSSR count). The molecule has 2 aliphatic carbocycles. The van der Waals surface area contributed by atoms with Gasteiger partial charge in [-0.15, -0.1) is 0 Å². The predicted molar refractivity (Wildman–Crippen MR) is 105 cm³/mol. The summed E-state index contributed by atoms with van der Waals surface area (Å²) < 4.78 is 0. The summed E-state index contributed by atoms with van der Waals surface area (Å²) in [6.45, 7) is 0. The molecule has 7 heteroatoms. The molecule has 2 saturated carbocycles. The van der Waals surface area contributed by atoms with E-state index in [9.17, 15) is 20.0 Å². The van der Waals surface area contributed by atoms with Gasteiger partial charge in [-0.05, 0) is 60.8 Å². The number of nitrogens with one attached hydrogen (secondary N) is 1. The molecule has 0 amide bonds. The molecule has 144 valence electrons. The van der Waals surface area contributed by atoms with Crippen molar-refractivity contribution >= 4 is 28.9 Å². The van der Waals surface area contributed by atoms with Crippen LogP contribution in [0.25, 0.3) is 0 Å². The van der Waals surface area contributed by atoms with Crippen LogP contribution >= 0.6 is 11.6 Å². The summed E-state index contributed by atoms with van der Waals surface area (Å²) in [6.07, 6.45) is 3.32. The number of benzene rings is 2. The molecule has 0 unspecified atom stereocenters. The van der Waals surface area contributed by atoms with Crippen molar-refractivity contribution in [1.82, 2.24) is 0 Å². The number of nitrogens with zero attached hydrogens (tertiary/aromatic N) is 1. The zero-order chi connectivity index (χ0) is 19.6. The lowest BCUT2D eigenvalue weighted by molar-refractivity contribution is -0.385. The van der Waals surface area contributed by atoms with Gasteiger partial charge in [-0.1, -0.05) is 23.7 Å². The number of fused-ring (bicyclic) bond motifs is 7. The minimum atomic E-state index is -0.954. The third-order valence-corrected chi connectivity index (χ3v) is 7.20. The molecule has 2 N–H and O–H groups in total. The van der Waals surface area contributed by atoms with Crippen LogP contribution in [0, 0.1) is 27.9 Å². The lowest BCUT2D eigenvalue weighted by Gasteiger charge is -2.43. The summed E-state index contributed by atoms with van der Waals surface area (Å²) in [6, 6.07) is 10.0. The summed E-state index contributed by atoms with van der Waals surface area (Å²) >= 11 is 6.47. The van der Waals surface area contributed by atoms with E-state index in [1.54, 1.807) is 18.2 Å². The fourth-order valence-electron chi connectivity index (χ4n) is 5.86. The highest BCUT2D eigenvalue weighted by Crippen LogP contribution is 2.65. The third-order valence-electron chi connectivity index (χ3n) is 6.88. The maximum atomic E-state index is 11.7. The largest absolute Gasteiger partial charge is 0.478 e. The number of hydrogen-bond donors (Lipinski definition) is 2. The van der Waals surface area contributed by atoms with Gasteiger partial charge in [0.25, 0.3) is 5.69 Å². The lowest BCUT2D eigenvalue weighted by atomic mass is 9.67. The van der Waals surface area contributed by atoms with Crippen molar-refractivity contribution < 1.29 is 14.8 Å². The van der Waals surface area contributed by atoms with Gasteiger partial charge in [-0.25, -0.2) is 4.79 Å². The molecule has 0 spiro atoms. The standard InChI is InChI=1S/C21H19ClN2O4/c22-14-7-8-15(24(27)28)18-16-12-5-6-13(9-12)17(16)19(23-20(14)18)10-1-3-11(4-2-10)21(25)26/h1-4,7-8,12-13,16-17,19,23H,5-6,9H2,(H,25,26)/t12-,13-,16-,17-,19-/m0/s1. The monoisotopic (exact) mass is 398 g/mol. The molecule has 5 atom stereocenters. The van der Waals surface area contributed by atoms with Crippen molar-refractivity contribution in [3.05, 3.63) is 68.2 Å². The fraction of sp³-hybridized carbons (Fsp3) is 0.381. The number of hydrogen-bond acceptors (Lipinski definition) is 4. The minimum Gasteiger partial charge on any atom is -0.478 e. The number of nitro benzene ring substituents is 1. The van der Waals surface area contributed by atoms with E-state index in [0.717, 1.165) is 30.4 Å². The summed E-state index contributed by atoms with van der Waals surface area (Å²) in [5, 5.41) is 24.9. The summed E-state index contributed by atoms with van der Waals surface area (Å²) in [5.41, 5.74) is 2.82. The molecule has 1 heterocycles. The van der Waals surface area contributed by atoms with Gasteiger partial charge < -0.3 is 10.4 Å². The van der Waals surface area contributed by atoms with Crippen LogP contribution in [0.3, 0.4) is 0 Å². The number of nitro groups is 1. The first-order valence-corrected chi connectivity index (χ1v) is 9.90. The van der Waals surface area contributed by atoms with E-state index in [-0.39, 0.29) is 34.1 Å². The van der Waals surface area contributed by atoms with Gasteiger partial charge in [0.15, 0.2) is 0 Å². The summed E-state index contributed by atoms with van der Waals surface area (Å²) in [7, 11) is 0. The first-order valence-electron chi connectivity index (χ1n) is 9.52. The average molecular weight is 399 g/mol. The zero-order valence-corrected chi connectivity index (χ0v) is 15.7. The summed E-state index contributed by atoms with van der Waals surface area (Å²) in [5.74, 6) is 0.356. The van der Waals surface area contributed by atoms with E-state index in [1.165, 1.54) is 6.07 Å². The Bertz CT molecular complexity index is 991. The third kappa shape index (κ3) is 2.44. The maximum Gasteiger partial charge on any atom is 0.335 e. The Kier molecular flexibility index (Phi) is 3.88. The van der Waals surface area contributed by atoms with E-state index in [4.69, 9.17) is 11.6 Å². The van der Waals surface area contributed by atoms with E-state index in [1.807, 2.05) is 12.1 Å². The average Bonchev–Trinajstić information content (AvgIpc) is 3.30. The Labute approximate surface area is 166 Å². The first kappa shape index (κ1) is 17.5. The van der Waals surface area contributed by atoms with Gasteiger partial charge in [0.05, 0.1) is 32.8 Å². The highest BCUT2D eigenvalue weighted by molar-refractivity contribution is 6.33. The number of aromatic carboxylic acids is 1. The van der Waals surface area contributed by atoms with Crippen LogP contribution in [0.1, 0.15) is 52.7 Å². The van der Waals surface area contributed by atoms with Crippen molar-refractivity contribution in [2.24, 2.45) is 17.8 Å². The smallest absolute Gasteiger partial charge is 0.335 e. The Morgan fingerprint density at radius 1 is 1.14 bits per heavy atom. The molecular formula is C21H19ClN2O4. The van der Waals surface area contributed by atoms with Crippen molar-refractivity contribution in [3.63, 3.8) is 0 Å². The maximum absolute atomic E-state index is 11.7. The molecule has 6 nitrogen and oxygen atoms in total. The molecule has 2 aromatic carbocycles. The van der Waals surface area contributed by atoms with E-state index < -0.39 is 5.97 Å². The van der Waals surface area contributed by atoms with Crippen molar-refractivity contribution in [2.45, 2.75) is 31.2 Å². The van der Waals surface area contributed by atoms with Crippen LogP contribution in [0.15, 0.2) is 36.4 Å². The molecule has 0 radical (unpaired) electrons. The Morgan fingerprint density at radius 2 is 1.86 bits per heavy atom. The summed E-state index contributed by atoms with van der Waals surface area (Å²) in [4.78, 5) is 22.6. The Morgan fingerprint density at radius 3 is 2.54 bits per heavy atom. The molecule has 0 saturated heterocycles. The quantitative estimate of drug-likeness (QED) is 0.544. The first-order chi connectivity index (χ1) is 13.5. The second-order valence-corrected chi connectivity index (χ2v) is 8.51. The number of carbonyl (C=O) groups is 1. The fourth-order valence-corrected chi connectivity index (χ4v) is 6.08. The highest BCUT2D eigenvalue weighted by atomic mass is 35.5. The highest BCUT2D eigenvalue weighted by Gasteiger charge is 2.56. The van der Waals surface area contributed by atoms with Crippen LogP contribution in [-0.4, -0.2) is 16.0 Å². The lowest BCUT2D eigenvalue weighted by Crippen LogP contribution is -2.36. The number of anilines is 1. The van der Waals surface area contributed by atoms with Crippen LogP contribution in [0.5, 0.6) is 0 Å². The normalized spacial score (nSPS) is 29.7. The van der Waals surface area contributed by atoms with Gasteiger partial charge in [-0.3, -0.25) is 10.1 Å². The van der Waals surface area contributed by atoms with E-state index in [0.29, 0.717) is 22.5 Å². The number of halogens is 1. The van der Waals surface area contributed by atoms with Gasteiger partial charge >= 0.3 is 5.97 Å².